The molecule has 2 aliphatic rings. The lowest BCUT2D eigenvalue weighted by Gasteiger charge is -2.18. The van der Waals surface area contributed by atoms with Crippen LogP contribution in [0.15, 0.2) is 12.2 Å². The van der Waals surface area contributed by atoms with Crippen molar-refractivity contribution in [2.75, 3.05) is 6.61 Å². The summed E-state index contributed by atoms with van der Waals surface area (Å²) in [6.45, 7) is 0.852. The summed E-state index contributed by atoms with van der Waals surface area (Å²) in [7, 11) is 0. The standard InChI is InChI=1S/C11H14O5/c1-10(15,6-12)4-5-11-8(14)3-2-7(13)9(11)16-11/h2-3,7-9,12-15H,6H2,1H3/t7-,8-,9+,10+,11-/m0/s1. The fourth-order valence-electron chi connectivity index (χ4n) is 1.65. The van der Waals surface area contributed by atoms with Crippen LogP contribution in [0.2, 0.25) is 0 Å². The molecule has 0 saturated carbocycles. The van der Waals surface area contributed by atoms with Crippen LogP contribution in [-0.2, 0) is 4.74 Å². The quantitative estimate of drug-likeness (QED) is 0.239. The first kappa shape index (κ1) is 11.6. The second-order valence-corrected chi connectivity index (χ2v) is 4.33. The van der Waals surface area contributed by atoms with E-state index >= 15 is 0 Å². The molecule has 0 bridgehead atoms. The molecule has 1 fully saturated rings. The van der Waals surface area contributed by atoms with Gasteiger partial charge in [0, 0.05) is 0 Å². The summed E-state index contributed by atoms with van der Waals surface area (Å²) in [6.07, 6.45) is 0.581. The van der Waals surface area contributed by atoms with Crippen molar-refractivity contribution < 1.29 is 25.2 Å². The molecule has 0 radical (unpaired) electrons. The number of epoxide rings is 1. The Morgan fingerprint density at radius 3 is 2.75 bits per heavy atom. The van der Waals surface area contributed by atoms with Gasteiger partial charge in [0.1, 0.15) is 23.9 Å². The molecular formula is C11H14O5. The molecule has 88 valence electrons. The van der Waals surface area contributed by atoms with Gasteiger partial charge in [0.15, 0.2) is 5.60 Å². The van der Waals surface area contributed by atoms with E-state index in [-0.39, 0.29) is 0 Å². The van der Waals surface area contributed by atoms with Crippen molar-refractivity contribution in [3.63, 3.8) is 0 Å². The third kappa shape index (κ3) is 1.75. The molecule has 4 N–H and O–H groups in total. The summed E-state index contributed by atoms with van der Waals surface area (Å²) in [5.41, 5.74) is -2.66. The van der Waals surface area contributed by atoms with E-state index in [0.717, 1.165) is 0 Å². The van der Waals surface area contributed by atoms with Crippen LogP contribution in [0.5, 0.6) is 0 Å². The van der Waals surface area contributed by atoms with Crippen molar-refractivity contribution in [2.45, 2.75) is 36.4 Å². The normalized spacial score (nSPS) is 43.9. The Balaban J connectivity index is 2.20. The number of hydrogen-bond donors (Lipinski definition) is 4. The van der Waals surface area contributed by atoms with Crippen LogP contribution >= 0.6 is 0 Å². The van der Waals surface area contributed by atoms with Crippen LogP contribution in [0, 0.1) is 11.8 Å². The summed E-state index contributed by atoms with van der Waals surface area (Å²) in [6, 6.07) is 0. The molecule has 0 unspecified atom stereocenters. The Hall–Kier alpha value is -0.900. The first-order valence-electron chi connectivity index (χ1n) is 5.01. The van der Waals surface area contributed by atoms with Gasteiger partial charge in [-0.2, -0.15) is 0 Å². The topological polar surface area (TPSA) is 93.5 Å². The molecule has 0 spiro atoms. The SMILES string of the molecule is C[C@@](O)(C#C[C@@]12O[C@@H]1[C@@H](O)C=C[C@@H]2O)CO. The highest BCUT2D eigenvalue weighted by Crippen LogP contribution is 2.45. The minimum Gasteiger partial charge on any atom is -0.392 e. The lowest BCUT2D eigenvalue weighted by atomic mass is 9.89. The van der Waals surface area contributed by atoms with Gasteiger partial charge in [-0.1, -0.05) is 24.0 Å². The molecule has 0 aromatic heterocycles. The zero-order valence-electron chi connectivity index (χ0n) is 8.79. The largest absolute Gasteiger partial charge is 0.392 e. The smallest absolute Gasteiger partial charge is 0.187 e. The molecule has 0 aromatic carbocycles. The highest BCUT2D eigenvalue weighted by molar-refractivity contribution is 5.38. The predicted octanol–water partition coefficient (Wildman–Crippen LogP) is -1.84. The molecular weight excluding hydrogens is 212 g/mol. The molecule has 0 amide bonds. The van der Waals surface area contributed by atoms with Crippen LogP contribution < -0.4 is 0 Å². The maximum atomic E-state index is 9.69. The zero-order chi connectivity index (χ0) is 12.0. The van der Waals surface area contributed by atoms with Crippen molar-refractivity contribution in [3.8, 4) is 11.8 Å². The number of aliphatic hydroxyl groups excluding tert-OH is 3. The van der Waals surface area contributed by atoms with Crippen LogP contribution in [0.25, 0.3) is 0 Å². The van der Waals surface area contributed by atoms with Gasteiger partial charge in [0.2, 0.25) is 0 Å². The number of rotatable bonds is 1. The molecule has 2 rings (SSSR count). The highest BCUT2D eigenvalue weighted by Gasteiger charge is 2.64. The van der Waals surface area contributed by atoms with Crippen LogP contribution in [0.1, 0.15) is 6.92 Å². The van der Waals surface area contributed by atoms with Gasteiger partial charge in [-0.15, -0.1) is 0 Å². The second-order valence-electron chi connectivity index (χ2n) is 4.33. The zero-order valence-corrected chi connectivity index (χ0v) is 8.79. The number of ether oxygens (including phenoxy) is 1. The minimum absolute atomic E-state index is 0.505. The molecule has 1 heterocycles. The Bertz CT molecular complexity index is 378. The van der Waals surface area contributed by atoms with Crippen LogP contribution in [0.4, 0.5) is 0 Å². The van der Waals surface area contributed by atoms with Crippen LogP contribution in [0.3, 0.4) is 0 Å². The average Bonchev–Trinajstić information content (AvgIpc) is 2.99. The Kier molecular flexibility index (Phi) is 2.57. The van der Waals surface area contributed by atoms with Gasteiger partial charge in [-0.05, 0) is 6.92 Å². The molecule has 1 saturated heterocycles. The van der Waals surface area contributed by atoms with Crippen LogP contribution in [-0.4, -0.2) is 56.5 Å². The minimum atomic E-state index is -1.53. The van der Waals surface area contributed by atoms with Crippen molar-refractivity contribution in [3.05, 3.63) is 12.2 Å². The van der Waals surface area contributed by atoms with E-state index in [1.54, 1.807) is 0 Å². The highest BCUT2D eigenvalue weighted by atomic mass is 16.6. The lowest BCUT2D eigenvalue weighted by molar-refractivity contribution is 0.0513. The van der Waals surface area contributed by atoms with Crippen molar-refractivity contribution in [1.82, 2.24) is 0 Å². The second kappa shape index (κ2) is 3.55. The predicted molar refractivity (Wildman–Crippen MR) is 54.2 cm³/mol. The number of hydrogen-bond acceptors (Lipinski definition) is 5. The van der Waals surface area contributed by atoms with E-state index in [9.17, 15) is 15.3 Å². The molecule has 0 aromatic rings. The maximum Gasteiger partial charge on any atom is 0.187 e. The fraction of sp³-hybridized carbons (Fsp3) is 0.636. The molecule has 16 heavy (non-hydrogen) atoms. The summed E-state index contributed by atoms with van der Waals surface area (Å²) >= 11 is 0. The Labute approximate surface area is 93.0 Å². The van der Waals surface area contributed by atoms with E-state index in [1.165, 1.54) is 19.1 Å². The van der Waals surface area contributed by atoms with Gasteiger partial charge in [0.05, 0.1) is 6.61 Å². The van der Waals surface area contributed by atoms with Crippen molar-refractivity contribution in [1.29, 1.82) is 0 Å². The van der Waals surface area contributed by atoms with E-state index in [1.807, 2.05) is 0 Å². The van der Waals surface area contributed by atoms with Gasteiger partial charge < -0.3 is 25.2 Å². The Morgan fingerprint density at radius 1 is 1.44 bits per heavy atom. The maximum absolute atomic E-state index is 9.69. The van der Waals surface area contributed by atoms with Gasteiger partial charge >= 0.3 is 0 Å². The number of aliphatic hydroxyl groups is 4. The third-order valence-electron chi connectivity index (χ3n) is 2.76. The van der Waals surface area contributed by atoms with E-state index in [4.69, 9.17) is 9.84 Å². The van der Waals surface area contributed by atoms with Gasteiger partial charge in [0.25, 0.3) is 0 Å². The summed E-state index contributed by atoms with van der Waals surface area (Å²) in [4.78, 5) is 0. The third-order valence-corrected chi connectivity index (χ3v) is 2.76. The first-order valence-corrected chi connectivity index (χ1v) is 5.01. The Morgan fingerprint density at radius 2 is 2.12 bits per heavy atom. The molecule has 1 aliphatic heterocycles. The molecule has 1 aliphatic carbocycles. The molecule has 5 nitrogen and oxygen atoms in total. The van der Waals surface area contributed by atoms with Gasteiger partial charge in [-0.3, -0.25) is 0 Å². The van der Waals surface area contributed by atoms with Gasteiger partial charge in [-0.25, -0.2) is 0 Å². The van der Waals surface area contributed by atoms with E-state index < -0.39 is 36.1 Å². The summed E-state index contributed by atoms with van der Waals surface area (Å²) in [5.74, 6) is 5.04. The summed E-state index contributed by atoms with van der Waals surface area (Å²) < 4.78 is 5.20. The molecule has 5 atom stereocenters. The van der Waals surface area contributed by atoms with E-state index in [0.29, 0.717) is 0 Å². The monoisotopic (exact) mass is 226 g/mol. The van der Waals surface area contributed by atoms with Crippen molar-refractivity contribution >= 4 is 0 Å². The lowest BCUT2D eigenvalue weighted by Crippen LogP contribution is -2.37. The summed E-state index contributed by atoms with van der Waals surface area (Å²) in [5, 5.41) is 37.5. The fourth-order valence-corrected chi connectivity index (χ4v) is 1.65. The molecule has 5 heteroatoms. The first-order chi connectivity index (χ1) is 7.41. The average molecular weight is 226 g/mol. The van der Waals surface area contributed by atoms with Crippen molar-refractivity contribution in [2.24, 2.45) is 0 Å². The number of fused-ring (bicyclic) bond motifs is 1. The van der Waals surface area contributed by atoms with E-state index in [2.05, 4.69) is 11.8 Å².